The zero-order chi connectivity index (χ0) is 18.4. The van der Waals surface area contributed by atoms with Crippen LogP contribution >= 0.6 is 15.9 Å². The van der Waals surface area contributed by atoms with Crippen LogP contribution in [0.1, 0.15) is 11.1 Å². The third-order valence-corrected chi connectivity index (χ3v) is 5.11. The van der Waals surface area contributed by atoms with Gasteiger partial charge < -0.3 is 14.5 Å². The fourth-order valence-electron chi connectivity index (χ4n) is 3.04. The van der Waals surface area contributed by atoms with Crippen molar-refractivity contribution >= 4 is 33.6 Å². The van der Waals surface area contributed by atoms with E-state index >= 15 is 0 Å². The molecule has 1 saturated heterocycles. The third-order valence-electron chi connectivity index (χ3n) is 4.61. The van der Waals surface area contributed by atoms with Crippen molar-refractivity contribution in [2.75, 3.05) is 38.7 Å². The summed E-state index contributed by atoms with van der Waals surface area (Å²) in [6, 6.07) is 15.9. The lowest BCUT2D eigenvalue weighted by Crippen LogP contribution is -2.51. The third kappa shape index (κ3) is 5.53. The Hall–Kier alpha value is -1.95. The van der Waals surface area contributed by atoms with Crippen LogP contribution < -0.4 is 5.32 Å². The van der Waals surface area contributed by atoms with Crippen LogP contribution in [0.25, 0.3) is 6.08 Å². The molecule has 0 unspecified atom stereocenters. The van der Waals surface area contributed by atoms with E-state index < -0.39 is 0 Å². The van der Waals surface area contributed by atoms with Crippen LogP contribution in [0, 0.1) is 0 Å². The lowest BCUT2D eigenvalue weighted by molar-refractivity contribution is -0.929. The Balaban J connectivity index is 1.56. The van der Waals surface area contributed by atoms with Crippen molar-refractivity contribution in [1.29, 1.82) is 0 Å². The summed E-state index contributed by atoms with van der Waals surface area (Å²) in [5, 5.41) is 2.90. The second-order valence-electron chi connectivity index (χ2n) is 6.91. The number of nitrogens with one attached hydrogen (secondary N) is 1. The quantitative estimate of drug-likeness (QED) is 0.590. The molecule has 26 heavy (non-hydrogen) atoms. The lowest BCUT2D eigenvalue weighted by atomic mass is 10.1. The number of amides is 1. The first-order valence-corrected chi connectivity index (χ1v) is 9.57. The largest absolute Gasteiger partial charge is 0.370 e. The number of carbonyl (C=O) groups is 1. The van der Waals surface area contributed by atoms with Crippen LogP contribution in [0.15, 0.2) is 59.1 Å². The zero-order valence-electron chi connectivity index (χ0n) is 15.0. The molecule has 0 atom stereocenters. The average molecular weight is 416 g/mol. The van der Waals surface area contributed by atoms with Gasteiger partial charge in [0.1, 0.15) is 19.6 Å². The van der Waals surface area contributed by atoms with Crippen molar-refractivity contribution in [2.24, 2.45) is 0 Å². The van der Waals surface area contributed by atoms with Gasteiger partial charge in [0.25, 0.3) is 0 Å². The first-order valence-electron chi connectivity index (χ1n) is 8.77. The molecule has 0 spiro atoms. The number of benzene rings is 2. The minimum atomic E-state index is -0.134. The number of hydrogen-bond donors (Lipinski definition) is 1. The average Bonchev–Trinajstić information content (AvgIpc) is 2.62. The molecule has 0 bridgehead atoms. The Kier molecular flexibility index (Phi) is 6.25. The molecule has 2 aromatic rings. The number of carbonyl (C=O) groups excluding carboxylic acids is 1. The Morgan fingerprint density at radius 2 is 1.92 bits per heavy atom. The summed E-state index contributed by atoms with van der Waals surface area (Å²) in [5.74, 6) is -0.134. The van der Waals surface area contributed by atoms with Crippen molar-refractivity contribution in [2.45, 2.75) is 6.54 Å². The Morgan fingerprint density at radius 3 is 2.62 bits per heavy atom. The molecule has 1 N–H and O–H groups in total. The van der Waals surface area contributed by atoms with E-state index in [1.807, 2.05) is 36.4 Å². The van der Waals surface area contributed by atoms with Crippen LogP contribution in [0.5, 0.6) is 0 Å². The van der Waals surface area contributed by atoms with Gasteiger partial charge in [-0.1, -0.05) is 40.2 Å². The second-order valence-corrected chi connectivity index (χ2v) is 7.83. The monoisotopic (exact) mass is 415 g/mol. The van der Waals surface area contributed by atoms with Crippen LogP contribution in [0.3, 0.4) is 0 Å². The summed E-state index contributed by atoms with van der Waals surface area (Å²) >= 11 is 3.43. The van der Waals surface area contributed by atoms with Gasteiger partial charge in [-0.3, -0.25) is 4.79 Å². The predicted octanol–water partition coefficient (Wildman–Crippen LogP) is 4.08. The van der Waals surface area contributed by atoms with Gasteiger partial charge in [-0.15, -0.1) is 0 Å². The highest BCUT2D eigenvalue weighted by Crippen LogP contribution is 2.17. The number of halogens is 1. The topological polar surface area (TPSA) is 38.3 Å². The number of quaternary nitrogens is 1. The summed E-state index contributed by atoms with van der Waals surface area (Å²) in [4.78, 5) is 12.1. The molecule has 1 aliphatic heterocycles. The minimum Gasteiger partial charge on any atom is -0.370 e. The first kappa shape index (κ1) is 18.8. The molecule has 0 aromatic heterocycles. The molecule has 2 aromatic carbocycles. The van der Waals surface area contributed by atoms with E-state index in [2.05, 4.69) is 40.4 Å². The smallest absolute Gasteiger partial charge is 0.248 e. The van der Waals surface area contributed by atoms with Gasteiger partial charge in [-0.05, 0) is 35.9 Å². The number of morpholine rings is 1. The van der Waals surface area contributed by atoms with Gasteiger partial charge >= 0.3 is 0 Å². The fraction of sp³-hybridized carbons (Fsp3) is 0.286. The SMILES string of the molecule is C[N+]1(Cc2ccc(NC(=O)/C=C/c3cccc(Br)c3)cc2)CCOCC1. The number of nitrogens with zero attached hydrogens (tertiary/aromatic N) is 1. The van der Waals surface area contributed by atoms with Crippen LogP contribution in [0.4, 0.5) is 5.69 Å². The first-order chi connectivity index (χ1) is 12.5. The van der Waals surface area contributed by atoms with Crippen LogP contribution in [-0.4, -0.2) is 43.7 Å². The molecule has 1 heterocycles. The Labute approximate surface area is 163 Å². The molecule has 5 heteroatoms. The van der Waals surface area contributed by atoms with Gasteiger partial charge in [0, 0.05) is 21.8 Å². The molecule has 1 fully saturated rings. The standard InChI is InChI=1S/C21H23BrN2O2/c1-24(11-13-26-14-12-24)16-18-5-8-20(9-6-18)23-21(25)10-7-17-3-2-4-19(22)15-17/h2-10,15H,11-14,16H2,1H3/p+1/b10-7+. The van der Waals surface area contributed by atoms with E-state index in [-0.39, 0.29) is 5.91 Å². The Bertz CT molecular complexity index is 781. The summed E-state index contributed by atoms with van der Waals surface area (Å²) in [5.41, 5.74) is 3.06. The molecule has 0 radical (unpaired) electrons. The molecule has 1 aliphatic rings. The van der Waals surface area contributed by atoms with Gasteiger partial charge in [-0.25, -0.2) is 0 Å². The molecule has 136 valence electrons. The van der Waals surface area contributed by atoms with E-state index in [0.29, 0.717) is 0 Å². The van der Waals surface area contributed by atoms with Crippen molar-refractivity contribution in [1.82, 2.24) is 0 Å². The van der Waals surface area contributed by atoms with E-state index in [1.54, 1.807) is 12.2 Å². The van der Waals surface area contributed by atoms with Gasteiger partial charge in [-0.2, -0.15) is 0 Å². The maximum Gasteiger partial charge on any atom is 0.248 e. The number of ether oxygens (including phenoxy) is 1. The number of anilines is 1. The summed E-state index contributed by atoms with van der Waals surface area (Å²) < 4.78 is 7.45. The molecule has 0 saturated carbocycles. The van der Waals surface area contributed by atoms with E-state index in [1.165, 1.54) is 5.56 Å². The van der Waals surface area contributed by atoms with E-state index in [9.17, 15) is 4.79 Å². The summed E-state index contributed by atoms with van der Waals surface area (Å²) in [7, 11) is 2.27. The lowest BCUT2D eigenvalue weighted by Gasteiger charge is -2.37. The zero-order valence-corrected chi connectivity index (χ0v) is 16.5. The molecule has 3 rings (SSSR count). The minimum absolute atomic E-state index is 0.134. The highest BCUT2D eigenvalue weighted by Gasteiger charge is 2.25. The molecular formula is C21H24BrN2O2+. The van der Waals surface area contributed by atoms with Crippen LogP contribution in [0.2, 0.25) is 0 Å². The number of likely N-dealkylation sites (N-methyl/N-ethyl adjacent to an activating group) is 1. The van der Waals surface area contributed by atoms with Crippen molar-refractivity contribution in [3.8, 4) is 0 Å². The van der Waals surface area contributed by atoms with Gasteiger partial charge in [0.05, 0.1) is 20.3 Å². The van der Waals surface area contributed by atoms with E-state index in [0.717, 1.165) is 53.1 Å². The van der Waals surface area contributed by atoms with Crippen molar-refractivity contribution in [3.05, 3.63) is 70.2 Å². The fourth-order valence-corrected chi connectivity index (χ4v) is 3.46. The highest BCUT2D eigenvalue weighted by atomic mass is 79.9. The number of rotatable bonds is 5. The maximum atomic E-state index is 12.1. The van der Waals surface area contributed by atoms with Crippen molar-refractivity contribution in [3.63, 3.8) is 0 Å². The highest BCUT2D eigenvalue weighted by molar-refractivity contribution is 9.10. The summed E-state index contributed by atoms with van der Waals surface area (Å²) in [6.45, 7) is 4.72. The van der Waals surface area contributed by atoms with Gasteiger partial charge in [0.2, 0.25) is 5.91 Å². The second kappa shape index (κ2) is 8.62. The summed E-state index contributed by atoms with van der Waals surface area (Å²) in [6.07, 6.45) is 3.35. The Morgan fingerprint density at radius 1 is 1.19 bits per heavy atom. The normalized spacial score (nSPS) is 16.5. The predicted molar refractivity (Wildman–Crippen MR) is 109 cm³/mol. The number of hydrogen-bond acceptors (Lipinski definition) is 2. The molecular weight excluding hydrogens is 392 g/mol. The molecule has 0 aliphatic carbocycles. The van der Waals surface area contributed by atoms with Gasteiger partial charge in [0.15, 0.2) is 0 Å². The maximum absolute atomic E-state index is 12.1. The molecule has 4 nitrogen and oxygen atoms in total. The van der Waals surface area contributed by atoms with Crippen molar-refractivity contribution < 1.29 is 14.0 Å². The van der Waals surface area contributed by atoms with E-state index in [4.69, 9.17) is 4.74 Å². The molecule has 1 amide bonds. The van der Waals surface area contributed by atoms with Crippen LogP contribution in [-0.2, 0) is 16.1 Å².